The summed E-state index contributed by atoms with van der Waals surface area (Å²) in [6, 6.07) is 13.5. The Morgan fingerprint density at radius 1 is 1.10 bits per heavy atom. The molecule has 0 saturated carbocycles. The summed E-state index contributed by atoms with van der Waals surface area (Å²) in [7, 11) is 1.66. The lowest BCUT2D eigenvalue weighted by atomic mass is 9.87. The van der Waals surface area contributed by atoms with Gasteiger partial charge in [-0.3, -0.25) is 0 Å². The topological polar surface area (TPSA) is 41.5 Å². The summed E-state index contributed by atoms with van der Waals surface area (Å²) in [4.78, 5) is 0. The molecular weight excluding hydrogens is 262 g/mol. The minimum Gasteiger partial charge on any atom is -0.508 e. The quantitative estimate of drug-likeness (QED) is 0.879. The predicted octanol–water partition coefficient (Wildman–Crippen LogP) is 4.31. The van der Waals surface area contributed by atoms with Gasteiger partial charge in [0.25, 0.3) is 0 Å². The van der Waals surface area contributed by atoms with E-state index in [-0.39, 0.29) is 5.41 Å². The van der Waals surface area contributed by atoms with Gasteiger partial charge >= 0.3 is 0 Å². The molecule has 0 amide bonds. The van der Waals surface area contributed by atoms with Crippen molar-refractivity contribution in [3.05, 3.63) is 53.6 Å². The van der Waals surface area contributed by atoms with Crippen LogP contribution >= 0.6 is 0 Å². The van der Waals surface area contributed by atoms with Crippen molar-refractivity contribution < 1.29 is 9.84 Å². The summed E-state index contributed by atoms with van der Waals surface area (Å²) in [5.74, 6) is 1.11. The van der Waals surface area contributed by atoms with Crippen LogP contribution in [0.25, 0.3) is 0 Å². The van der Waals surface area contributed by atoms with Crippen molar-refractivity contribution in [3.63, 3.8) is 0 Å². The molecule has 0 aliphatic heterocycles. The van der Waals surface area contributed by atoms with Crippen LogP contribution in [0, 0.1) is 0 Å². The smallest absolute Gasteiger partial charge is 0.141 e. The van der Waals surface area contributed by atoms with E-state index in [1.165, 1.54) is 5.56 Å². The first-order chi connectivity index (χ1) is 9.91. The van der Waals surface area contributed by atoms with E-state index in [1.807, 2.05) is 24.3 Å². The third kappa shape index (κ3) is 3.69. The van der Waals surface area contributed by atoms with Gasteiger partial charge in [-0.2, -0.15) is 0 Å². The summed E-state index contributed by atoms with van der Waals surface area (Å²) >= 11 is 0. The number of benzene rings is 2. The monoisotopic (exact) mass is 285 g/mol. The second-order valence-corrected chi connectivity index (χ2v) is 6.15. The van der Waals surface area contributed by atoms with Crippen molar-refractivity contribution in [2.24, 2.45) is 0 Å². The minimum absolute atomic E-state index is 0.0809. The van der Waals surface area contributed by atoms with Gasteiger partial charge in [0.1, 0.15) is 11.5 Å². The molecule has 2 N–H and O–H groups in total. The fraction of sp³-hybridized carbons (Fsp3) is 0.333. The van der Waals surface area contributed by atoms with E-state index in [2.05, 4.69) is 38.2 Å². The third-order valence-corrected chi connectivity index (χ3v) is 3.53. The molecule has 0 aliphatic carbocycles. The Morgan fingerprint density at radius 2 is 1.81 bits per heavy atom. The standard InChI is InChI=1S/C18H23NO2/c1-18(2,3)14-9-10-17(21-4)15(11-14)19-12-13-7-5-6-8-16(13)20/h5-11,19-20H,12H2,1-4H3. The van der Waals surface area contributed by atoms with Crippen molar-refractivity contribution in [1.82, 2.24) is 0 Å². The van der Waals surface area contributed by atoms with Crippen LogP contribution in [0.5, 0.6) is 11.5 Å². The number of nitrogens with one attached hydrogen (secondary N) is 1. The van der Waals surface area contributed by atoms with E-state index in [0.29, 0.717) is 12.3 Å². The van der Waals surface area contributed by atoms with Crippen molar-refractivity contribution in [2.75, 3.05) is 12.4 Å². The third-order valence-electron chi connectivity index (χ3n) is 3.53. The van der Waals surface area contributed by atoms with Gasteiger partial charge in [0.05, 0.1) is 12.8 Å². The average Bonchev–Trinajstić information content (AvgIpc) is 2.45. The Balaban J connectivity index is 2.24. The number of hydrogen-bond donors (Lipinski definition) is 2. The Labute approximate surface area is 126 Å². The Hall–Kier alpha value is -2.16. The summed E-state index contributed by atoms with van der Waals surface area (Å²) in [6.07, 6.45) is 0. The van der Waals surface area contributed by atoms with Crippen LogP contribution in [0.2, 0.25) is 0 Å². The Kier molecular flexibility index (Phi) is 4.41. The van der Waals surface area contributed by atoms with E-state index in [9.17, 15) is 5.11 Å². The van der Waals surface area contributed by atoms with Crippen LogP contribution in [-0.2, 0) is 12.0 Å². The molecule has 0 fully saturated rings. The maximum absolute atomic E-state index is 9.83. The lowest BCUT2D eigenvalue weighted by molar-refractivity contribution is 0.415. The molecule has 2 aromatic rings. The number of para-hydroxylation sites is 1. The molecule has 0 saturated heterocycles. The largest absolute Gasteiger partial charge is 0.508 e. The molecule has 21 heavy (non-hydrogen) atoms. The summed E-state index contributed by atoms with van der Waals surface area (Å²) in [5.41, 5.74) is 3.12. The summed E-state index contributed by atoms with van der Waals surface area (Å²) in [6.45, 7) is 7.10. The Morgan fingerprint density at radius 3 is 2.43 bits per heavy atom. The normalized spacial score (nSPS) is 11.2. The molecule has 0 unspecified atom stereocenters. The highest BCUT2D eigenvalue weighted by Crippen LogP contribution is 2.32. The molecule has 112 valence electrons. The number of rotatable bonds is 4. The molecule has 2 rings (SSSR count). The number of phenols is 1. The molecule has 0 spiro atoms. The lowest BCUT2D eigenvalue weighted by Crippen LogP contribution is -2.12. The number of anilines is 1. The maximum atomic E-state index is 9.83. The van der Waals surface area contributed by atoms with Crippen LogP contribution in [0.1, 0.15) is 31.9 Å². The van der Waals surface area contributed by atoms with Crippen molar-refractivity contribution in [1.29, 1.82) is 0 Å². The highest BCUT2D eigenvalue weighted by molar-refractivity contribution is 5.59. The molecule has 0 aromatic heterocycles. The van der Waals surface area contributed by atoms with Gasteiger partial charge < -0.3 is 15.2 Å². The van der Waals surface area contributed by atoms with Crippen LogP contribution < -0.4 is 10.1 Å². The highest BCUT2D eigenvalue weighted by Gasteiger charge is 2.16. The molecule has 0 bridgehead atoms. The SMILES string of the molecule is COc1ccc(C(C)(C)C)cc1NCc1ccccc1O. The molecule has 0 heterocycles. The second kappa shape index (κ2) is 6.08. The molecule has 0 aliphatic rings. The van der Waals surface area contributed by atoms with Crippen LogP contribution in [0.15, 0.2) is 42.5 Å². The van der Waals surface area contributed by atoms with E-state index < -0.39 is 0 Å². The number of phenolic OH excluding ortho intramolecular Hbond substituents is 1. The van der Waals surface area contributed by atoms with Gasteiger partial charge in [-0.15, -0.1) is 0 Å². The van der Waals surface area contributed by atoms with Crippen molar-refractivity contribution in [3.8, 4) is 11.5 Å². The minimum atomic E-state index is 0.0809. The predicted molar refractivity (Wildman–Crippen MR) is 87.1 cm³/mol. The summed E-state index contributed by atoms with van der Waals surface area (Å²) in [5, 5.41) is 13.2. The van der Waals surface area contributed by atoms with Crippen LogP contribution in [0.3, 0.4) is 0 Å². The fourth-order valence-corrected chi connectivity index (χ4v) is 2.16. The molecule has 3 nitrogen and oxygen atoms in total. The van der Waals surface area contributed by atoms with E-state index in [0.717, 1.165) is 17.0 Å². The first kappa shape index (κ1) is 15.2. The number of aromatic hydroxyl groups is 1. The average molecular weight is 285 g/mol. The number of hydrogen-bond acceptors (Lipinski definition) is 3. The fourth-order valence-electron chi connectivity index (χ4n) is 2.16. The van der Waals surface area contributed by atoms with E-state index >= 15 is 0 Å². The second-order valence-electron chi connectivity index (χ2n) is 6.15. The Bertz CT molecular complexity index is 615. The van der Waals surface area contributed by atoms with Crippen molar-refractivity contribution >= 4 is 5.69 Å². The van der Waals surface area contributed by atoms with Gasteiger partial charge in [0.15, 0.2) is 0 Å². The first-order valence-electron chi connectivity index (χ1n) is 7.11. The van der Waals surface area contributed by atoms with Gasteiger partial charge in [-0.05, 0) is 29.2 Å². The molecule has 2 aromatic carbocycles. The van der Waals surface area contributed by atoms with Gasteiger partial charge in [0.2, 0.25) is 0 Å². The van der Waals surface area contributed by atoms with Crippen LogP contribution in [-0.4, -0.2) is 12.2 Å². The zero-order chi connectivity index (χ0) is 15.5. The molecule has 3 heteroatoms. The van der Waals surface area contributed by atoms with Gasteiger partial charge in [-0.25, -0.2) is 0 Å². The van der Waals surface area contributed by atoms with Gasteiger partial charge in [-0.1, -0.05) is 45.0 Å². The van der Waals surface area contributed by atoms with Crippen molar-refractivity contribution in [2.45, 2.75) is 32.7 Å². The summed E-state index contributed by atoms with van der Waals surface area (Å²) < 4.78 is 5.41. The van der Waals surface area contributed by atoms with E-state index in [1.54, 1.807) is 13.2 Å². The molecule has 0 radical (unpaired) electrons. The zero-order valence-electron chi connectivity index (χ0n) is 13.1. The lowest BCUT2D eigenvalue weighted by Gasteiger charge is -2.21. The number of methoxy groups -OCH3 is 1. The zero-order valence-corrected chi connectivity index (χ0v) is 13.1. The highest BCUT2D eigenvalue weighted by atomic mass is 16.5. The molecule has 0 atom stereocenters. The molecular formula is C18H23NO2. The van der Waals surface area contributed by atoms with Crippen LogP contribution in [0.4, 0.5) is 5.69 Å². The first-order valence-corrected chi connectivity index (χ1v) is 7.11. The maximum Gasteiger partial charge on any atom is 0.141 e. The van der Waals surface area contributed by atoms with Gasteiger partial charge in [0, 0.05) is 12.1 Å². The number of ether oxygens (including phenoxy) is 1. The van der Waals surface area contributed by atoms with E-state index in [4.69, 9.17) is 4.74 Å².